The number of alkyl halides is 1. The molecule has 5 heteroatoms. The molecule has 0 aliphatic rings. The zero-order valence-corrected chi connectivity index (χ0v) is 11.7. The number of halogens is 2. The Morgan fingerprint density at radius 1 is 1.24 bits per heavy atom. The summed E-state index contributed by atoms with van der Waals surface area (Å²) in [6.45, 7) is 0. The summed E-state index contributed by atoms with van der Waals surface area (Å²) in [5.41, 5.74) is 1.65. The lowest BCUT2D eigenvalue weighted by atomic mass is 10.0. The lowest BCUT2D eigenvalue weighted by Gasteiger charge is -2.05. The molecular formula is C12H12BrClO3. The lowest BCUT2D eigenvalue weighted by molar-refractivity contribution is -0.139. The summed E-state index contributed by atoms with van der Waals surface area (Å²) in [5.74, 6) is -0.356. The molecule has 0 aliphatic carbocycles. The number of ketones is 1. The van der Waals surface area contributed by atoms with Gasteiger partial charge in [-0.2, -0.15) is 0 Å². The van der Waals surface area contributed by atoms with Crippen LogP contribution in [-0.4, -0.2) is 24.7 Å². The summed E-state index contributed by atoms with van der Waals surface area (Å²) in [4.78, 5) is 22.4. The third kappa shape index (κ3) is 4.88. The van der Waals surface area contributed by atoms with E-state index in [4.69, 9.17) is 11.6 Å². The van der Waals surface area contributed by atoms with Gasteiger partial charge in [-0.3, -0.25) is 9.59 Å². The fourth-order valence-corrected chi connectivity index (χ4v) is 2.12. The Balaban J connectivity index is 2.86. The third-order valence-electron chi connectivity index (χ3n) is 2.14. The van der Waals surface area contributed by atoms with Crippen LogP contribution in [0.1, 0.15) is 11.1 Å². The van der Waals surface area contributed by atoms with Crippen LogP contribution in [0.5, 0.6) is 0 Å². The summed E-state index contributed by atoms with van der Waals surface area (Å²) < 4.78 is 5.42. The van der Waals surface area contributed by atoms with Crippen molar-refractivity contribution in [2.75, 3.05) is 13.0 Å². The van der Waals surface area contributed by atoms with Gasteiger partial charge in [-0.15, -0.1) is 11.6 Å². The van der Waals surface area contributed by atoms with Crippen molar-refractivity contribution in [2.24, 2.45) is 0 Å². The number of ether oxygens (including phenoxy) is 1. The standard InChI is InChI=1S/C12H12BrClO3/c1-17-12(16)6-9-2-8(3-10(13)4-9)5-11(15)7-14/h2-4H,5-7H2,1H3. The van der Waals surface area contributed by atoms with Crippen molar-refractivity contribution in [2.45, 2.75) is 12.8 Å². The van der Waals surface area contributed by atoms with Crippen molar-refractivity contribution in [3.8, 4) is 0 Å². The summed E-state index contributed by atoms with van der Waals surface area (Å²) in [7, 11) is 1.35. The van der Waals surface area contributed by atoms with Crippen LogP contribution in [-0.2, 0) is 27.2 Å². The zero-order valence-electron chi connectivity index (χ0n) is 9.33. The third-order valence-corrected chi connectivity index (χ3v) is 2.90. The molecule has 0 atom stereocenters. The van der Waals surface area contributed by atoms with Crippen LogP contribution in [0.2, 0.25) is 0 Å². The van der Waals surface area contributed by atoms with Gasteiger partial charge in [0.15, 0.2) is 5.78 Å². The van der Waals surface area contributed by atoms with Gasteiger partial charge in [0.25, 0.3) is 0 Å². The first kappa shape index (κ1) is 14.2. The molecule has 0 N–H and O–H groups in total. The van der Waals surface area contributed by atoms with Crippen LogP contribution in [0.15, 0.2) is 22.7 Å². The van der Waals surface area contributed by atoms with E-state index in [2.05, 4.69) is 20.7 Å². The van der Waals surface area contributed by atoms with Gasteiger partial charge in [-0.25, -0.2) is 0 Å². The van der Waals surface area contributed by atoms with E-state index >= 15 is 0 Å². The van der Waals surface area contributed by atoms with Gasteiger partial charge in [0.1, 0.15) is 0 Å². The Hall–Kier alpha value is -0.870. The average molecular weight is 320 g/mol. The average Bonchev–Trinajstić information content (AvgIpc) is 2.27. The molecule has 1 rings (SSSR count). The highest BCUT2D eigenvalue weighted by Gasteiger charge is 2.08. The summed E-state index contributed by atoms with van der Waals surface area (Å²) in [6, 6.07) is 5.48. The monoisotopic (exact) mass is 318 g/mol. The second-order valence-electron chi connectivity index (χ2n) is 3.57. The quantitative estimate of drug-likeness (QED) is 0.619. The first-order valence-corrected chi connectivity index (χ1v) is 6.30. The van der Waals surface area contributed by atoms with E-state index in [1.807, 2.05) is 18.2 Å². The van der Waals surface area contributed by atoms with Gasteiger partial charge in [-0.05, 0) is 23.3 Å². The molecule has 0 bridgehead atoms. The van der Waals surface area contributed by atoms with E-state index in [0.29, 0.717) is 0 Å². The molecule has 0 amide bonds. The van der Waals surface area contributed by atoms with Crippen LogP contribution in [0.25, 0.3) is 0 Å². The van der Waals surface area contributed by atoms with Crippen LogP contribution in [0.4, 0.5) is 0 Å². The van der Waals surface area contributed by atoms with Crippen molar-refractivity contribution >= 4 is 39.3 Å². The number of methoxy groups -OCH3 is 1. The molecule has 0 saturated carbocycles. The number of hydrogen-bond donors (Lipinski definition) is 0. The molecule has 0 radical (unpaired) electrons. The number of hydrogen-bond acceptors (Lipinski definition) is 3. The molecule has 0 unspecified atom stereocenters. The minimum atomic E-state index is -0.308. The Kier molecular flexibility index (Phi) is 5.65. The number of Topliss-reactive ketones (excluding diaryl/α,β-unsaturated/α-hetero) is 1. The summed E-state index contributed by atoms with van der Waals surface area (Å²) in [6.07, 6.45) is 0.467. The molecule has 1 aromatic rings. The second kappa shape index (κ2) is 6.77. The van der Waals surface area contributed by atoms with Crippen molar-refractivity contribution in [1.29, 1.82) is 0 Å². The van der Waals surface area contributed by atoms with Gasteiger partial charge in [0.05, 0.1) is 19.4 Å². The summed E-state index contributed by atoms with van der Waals surface area (Å²) >= 11 is 8.79. The molecule has 0 fully saturated rings. The van der Waals surface area contributed by atoms with E-state index in [9.17, 15) is 9.59 Å². The first-order valence-electron chi connectivity index (χ1n) is 4.98. The molecule has 1 aromatic carbocycles. The maximum Gasteiger partial charge on any atom is 0.309 e. The molecule has 0 aliphatic heterocycles. The highest BCUT2D eigenvalue weighted by atomic mass is 79.9. The maximum atomic E-state index is 11.2. The number of carbonyl (C=O) groups is 2. The van der Waals surface area contributed by atoms with Crippen LogP contribution >= 0.6 is 27.5 Å². The van der Waals surface area contributed by atoms with E-state index in [1.54, 1.807) is 0 Å². The molecule has 0 spiro atoms. The first-order chi connectivity index (χ1) is 8.05. The fourth-order valence-electron chi connectivity index (χ4n) is 1.44. The largest absolute Gasteiger partial charge is 0.469 e. The number of rotatable bonds is 5. The van der Waals surface area contributed by atoms with Crippen LogP contribution in [0, 0.1) is 0 Å². The smallest absolute Gasteiger partial charge is 0.309 e. The van der Waals surface area contributed by atoms with E-state index in [0.717, 1.165) is 15.6 Å². The Morgan fingerprint density at radius 2 is 1.82 bits per heavy atom. The Morgan fingerprint density at radius 3 is 2.35 bits per heavy atom. The Bertz CT molecular complexity index is 396. The molecule has 0 saturated heterocycles. The highest BCUT2D eigenvalue weighted by molar-refractivity contribution is 9.10. The summed E-state index contributed by atoms with van der Waals surface area (Å²) in [5, 5.41) is 0. The van der Waals surface area contributed by atoms with Crippen LogP contribution < -0.4 is 0 Å². The zero-order chi connectivity index (χ0) is 12.8. The Labute approximate surface area is 113 Å². The van der Waals surface area contributed by atoms with E-state index in [-0.39, 0.29) is 30.5 Å². The fraction of sp³-hybridized carbons (Fsp3) is 0.333. The maximum absolute atomic E-state index is 11.2. The molecule has 3 nitrogen and oxygen atoms in total. The van der Waals surface area contributed by atoms with E-state index in [1.165, 1.54) is 7.11 Å². The molecule has 17 heavy (non-hydrogen) atoms. The van der Waals surface area contributed by atoms with Gasteiger partial charge in [0, 0.05) is 10.9 Å². The van der Waals surface area contributed by atoms with Gasteiger partial charge < -0.3 is 4.74 Å². The SMILES string of the molecule is COC(=O)Cc1cc(Br)cc(CC(=O)CCl)c1. The number of benzene rings is 1. The minimum Gasteiger partial charge on any atom is -0.469 e. The predicted octanol–water partition coefficient (Wildman–Crippen LogP) is 2.52. The topological polar surface area (TPSA) is 43.4 Å². The second-order valence-corrected chi connectivity index (χ2v) is 4.75. The van der Waals surface area contributed by atoms with Crippen LogP contribution in [0.3, 0.4) is 0 Å². The van der Waals surface area contributed by atoms with Gasteiger partial charge in [-0.1, -0.05) is 22.0 Å². The lowest BCUT2D eigenvalue weighted by Crippen LogP contribution is -2.07. The van der Waals surface area contributed by atoms with E-state index < -0.39 is 0 Å². The van der Waals surface area contributed by atoms with Crippen molar-refractivity contribution in [1.82, 2.24) is 0 Å². The molecule has 0 aromatic heterocycles. The molecule has 0 heterocycles. The van der Waals surface area contributed by atoms with Gasteiger partial charge >= 0.3 is 5.97 Å². The highest BCUT2D eigenvalue weighted by Crippen LogP contribution is 2.17. The predicted molar refractivity (Wildman–Crippen MR) is 69.3 cm³/mol. The van der Waals surface area contributed by atoms with Crippen molar-refractivity contribution < 1.29 is 14.3 Å². The molecular weight excluding hydrogens is 307 g/mol. The number of carbonyl (C=O) groups excluding carboxylic acids is 2. The van der Waals surface area contributed by atoms with Gasteiger partial charge in [0.2, 0.25) is 0 Å². The molecule has 92 valence electrons. The van der Waals surface area contributed by atoms with Crippen molar-refractivity contribution in [3.05, 3.63) is 33.8 Å². The normalized spacial score (nSPS) is 10.1. The number of esters is 1. The minimum absolute atomic E-state index is 0.00114. The van der Waals surface area contributed by atoms with Crippen molar-refractivity contribution in [3.63, 3.8) is 0 Å².